The van der Waals surface area contributed by atoms with Gasteiger partial charge in [0.2, 0.25) is 0 Å². The molecule has 1 heterocycles. The molecule has 0 bridgehead atoms. The molecule has 2 atom stereocenters. The largest absolute Gasteiger partial charge is 0.313 e. The van der Waals surface area contributed by atoms with Gasteiger partial charge in [0, 0.05) is 18.6 Å². The number of sulfone groups is 1. The molecule has 0 spiro atoms. The van der Waals surface area contributed by atoms with Crippen molar-refractivity contribution in [2.45, 2.75) is 70.7 Å². The molecule has 20 heavy (non-hydrogen) atoms. The molecule has 1 rings (SSSR count). The molecule has 0 radical (unpaired) electrons. The molecule has 0 aliphatic carbocycles. The zero-order chi connectivity index (χ0) is 15.2. The topological polar surface area (TPSA) is 49.4 Å². The Morgan fingerprint density at radius 2 is 1.95 bits per heavy atom. The van der Waals surface area contributed by atoms with Crippen molar-refractivity contribution in [3.05, 3.63) is 0 Å². The molecule has 4 nitrogen and oxygen atoms in total. The van der Waals surface area contributed by atoms with Gasteiger partial charge in [0.15, 0.2) is 9.84 Å². The van der Waals surface area contributed by atoms with E-state index < -0.39 is 9.84 Å². The van der Waals surface area contributed by atoms with Crippen molar-refractivity contribution < 1.29 is 8.42 Å². The van der Waals surface area contributed by atoms with E-state index >= 15 is 0 Å². The van der Waals surface area contributed by atoms with Crippen LogP contribution in [0, 0.1) is 0 Å². The van der Waals surface area contributed by atoms with E-state index in [0.29, 0.717) is 24.4 Å². The van der Waals surface area contributed by atoms with E-state index in [2.05, 4.69) is 24.1 Å². The first-order valence-electron chi connectivity index (χ1n) is 8.07. The molecule has 2 unspecified atom stereocenters. The fourth-order valence-electron chi connectivity index (χ4n) is 2.85. The Balaban J connectivity index is 2.56. The van der Waals surface area contributed by atoms with Crippen molar-refractivity contribution in [3.63, 3.8) is 0 Å². The van der Waals surface area contributed by atoms with Crippen molar-refractivity contribution in [2.75, 3.05) is 25.4 Å². The van der Waals surface area contributed by atoms with Crippen molar-refractivity contribution in [3.8, 4) is 0 Å². The van der Waals surface area contributed by atoms with Crippen LogP contribution in [0.4, 0.5) is 0 Å². The second-order valence-corrected chi connectivity index (χ2v) is 8.93. The van der Waals surface area contributed by atoms with E-state index in [0.717, 1.165) is 19.5 Å². The normalized spacial score (nSPS) is 23.1. The molecule has 0 aromatic heterocycles. The first-order valence-corrected chi connectivity index (χ1v) is 9.79. The second kappa shape index (κ2) is 8.35. The van der Waals surface area contributed by atoms with E-state index in [1.54, 1.807) is 13.8 Å². The van der Waals surface area contributed by atoms with Gasteiger partial charge in [-0.25, -0.2) is 8.42 Å². The Morgan fingerprint density at radius 3 is 2.55 bits per heavy atom. The lowest BCUT2D eigenvalue weighted by atomic mass is 9.96. The predicted octanol–water partition coefficient (Wildman–Crippen LogP) is 2.05. The molecule has 1 aliphatic rings. The molecule has 0 aromatic rings. The third-order valence-corrected chi connectivity index (χ3v) is 6.53. The van der Waals surface area contributed by atoms with Crippen LogP contribution in [-0.2, 0) is 9.84 Å². The minimum Gasteiger partial charge on any atom is -0.313 e. The van der Waals surface area contributed by atoms with Crippen LogP contribution in [-0.4, -0.2) is 56.0 Å². The van der Waals surface area contributed by atoms with E-state index in [4.69, 9.17) is 0 Å². The quantitative estimate of drug-likeness (QED) is 0.746. The van der Waals surface area contributed by atoms with Gasteiger partial charge in [-0.05, 0) is 53.1 Å². The first-order chi connectivity index (χ1) is 9.38. The summed E-state index contributed by atoms with van der Waals surface area (Å²) in [6.07, 6.45) is 4.77. The highest BCUT2D eigenvalue weighted by atomic mass is 32.2. The van der Waals surface area contributed by atoms with Gasteiger partial charge < -0.3 is 5.32 Å². The SMILES string of the molecule is CCCNC(C)C1CCCCN1CCS(=O)(=O)C(C)C. The maximum atomic E-state index is 12.0. The van der Waals surface area contributed by atoms with Crippen molar-refractivity contribution in [2.24, 2.45) is 0 Å². The highest BCUT2D eigenvalue weighted by molar-refractivity contribution is 7.92. The first kappa shape index (κ1) is 17.9. The number of hydrogen-bond donors (Lipinski definition) is 1. The maximum Gasteiger partial charge on any atom is 0.153 e. The molecule has 0 amide bonds. The number of piperidine rings is 1. The monoisotopic (exact) mass is 304 g/mol. The van der Waals surface area contributed by atoms with Crippen LogP contribution >= 0.6 is 0 Å². The maximum absolute atomic E-state index is 12.0. The second-order valence-electron chi connectivity index (χ2n) is 6.26. The average molecular weight is 304 g/mol. The Kier molecular flexibility index (Phi) is 7.48. The summed E-state index contributed by atoms with van der Waals surface area (Å²) in [6, 6.07) is 0.926. The summed E-state index contributed by atoms with van der Waals surface area (Å²) in [4.78, 5) is 2.39. The highest BCUT2D eigenvalue weighted by Crippen LogP contribution is 2.20. The summed E-state index contributed by atoms with van der Waals surface area (Å²) < 4.78 is 24.0. The number of hydrogen-bond acceptors (Lipinski definition) is 4. The number of nitrogens with one attached hydrogen (secondary N) is 1. The molecular weight excluding hydrogens is 272 g/mol. The molecule has 1 aliphatic heterocycles. The van der Waals surface area contributed by atoms with Gasteiger partial charge in [0.05, 0.1) is 11.0 Å². The minimum atomic E-state index is -2.93. The van der Waals surface area contributed by atoms with Gasteiger partial charge in [-0.1, -0.05) is 13.3 Å². The molecule has 120 valence electrons. The van der Waals surface area contributed by atoms with Gasteiger partial charge in [0.25, 0.3) is 0 Å². The van der Waals surface area contributed by atoms with Crippen LogP contribution in [0.2, 0.25) is 0 Å². The van der Waals surface area contributed by atoms with Crippen LogP contribution in [0.15, 0.2) is 0 Å². The molecular formula is C15H32N2O2S. The third-order valence-electron chi connectivity index (χ3n) is 4.34. The summed E-state index contributed by atoms with van der Waals surface area (Å²) in [6.45, 7) is 10.7. The van der Waals surface area contributed by atoms with Crippen molar-refractivity contribution >= 4 is 9.84 Å². The van der Waals surface area contributed by atoms with E-state index in [9.17, 15) is 8.42 Å². The van der Waals surface area contributed by atoms with Crippen molar-refractivity contribution in [1.82, 2.24) is 10.2 Å². The lowest BCUT2D eigenvalue weighted by Gasteiger charge is -2.39. The summed E-state index contributed by atoms with van der Waals surface area (Å²) in [7, 11) is -2.93. The Labute approximate surface area is 125 Å². The standard InChI is InChI=1S/C15H32N2O2S/c1-5-9-16-14(4)15-8-6-7-10-17(15)11-12-20(18,19)13(2)3/h13-16H,5-12H2,1-4H3. The molecule has 1 saturated heterocycles. The van der Waals surface area contributed by atoms with E-state index in [1.165, 1.54) is 19.3 Å². The predicted molar refractivity (Wildman–Crippen MR) is 85.9 cm³/mol. The summed E-state index contributed by atoms with van der Waals surface area (Å²) in [5, 5.41) is 3.30. The number of likely N-dealkylation sites (tertiary alicyclic amines) is 1. The molecule has 1 N–H and O–H groups in total. The van der Waals surface area contributed by atoms with Crippen LogP contribution in [0.5, 0.6) is 0 Å². The van der Waals surface area contributed by atoms with Gasteiger partial charge >= 0.3 is 0 Å². The Bertz CT molecular complexity index is 368. The fourth-order valence-corrected chi connectivity index (χ4v) is 3.81. The van der Waals surface area contributed by atoms with E-state index in [-0.39, 0.29) is 5.25 Å². The lowest BCUT2D eigenvalue weighted by molar-refractivity contribution is 0.127. The Hall–Kier alpha value is -0.130. The number of rotatable bonds is 8. The van der Waals surface area contributed by atoms with Gasteiger partial charge in [-0.15, -0.1) is 0 Å². The van der Waals surface area contributed by atoms with Gasteiger partial charge in [-0.3, -0.25) is 4.90 Å². The average Bonchev–Trinajstić information content (AvgIpc) is 2.42. The van der Waals surface area contributed by atoms with Crippen molar-refractivity contribution in [1.29, 1.82) is 0 Å². The van der Waals surface area contributed by atoms with Gasteiger partial charge in [0.1, 0.15) is 0 Å². The number of nitrogens with zero attached hydrogens (tertiary/aromatic N) is 1. The van der Waals surface area contributed by atoms with E-state index in [1.807, 2.05) is 0 Å². The zero-order valence-corrected chi connectivity index (χ0v) is 14.4. The minimum absolute atomic E-state index is 0.263. The smallest absolute Gasteiger partial charge is 0.153 e. The lowest BCUT2D eigenvalue weighted by Crippen LogP contribution is -2.52. The third kappa shape index (κ3) is 5.34. The fraction of sp³-hybridized carbons (Fsp3) is 1.00. The molecule has 0 aromatic carbocycles. The Morgan fingerprint density at radius 1 is 1.25 bits per heavy atom. The highest BCUT2D eigenvalue weighted by Gasteiger charge is 2.28. The molecule has 1 fully saturated rings. The summed E-state index contributed by atoms with van der Waals surface area (Å²) in [5.74, 6) is 0.293. The zero-order valence-electron chi connectivity index (χ0n) is 13.6. The van der Waals surface area contributed by atoms with Gasteiger partial charge in [-0.2, -0.15) is 0 Å². The van der Waals surface area contributed by atoms with Crippen LogP contribution < -0.4 is 5.32 Å². The van der Waals surface area contributed by atoms with Crippen LogP contribution in [0.3, 0.4) is 0 Å². The van der Waals surface area contributed by atoms with Crippen LogP contribution in [0.25, 0.3) is 0 Å². The summed E-state index contributed by atoms with van der Waals surface area (Å²) >= 11 is 0. The van der Waals surface area contributed by atoms with Crippen LogP contribution in [0.1, 0.15) is 53.4 Å². The summed E-state index contributed by atoms with van der Waals surface area (Å²) in [5.41, 5.74) is 0. The molecule has 5 heteroatoms. The molecule has 0 saturated carbocycles.